The van der Waals surface area contributed by atoms with Crippen molar-refractivity contribution in [1.29, 1.82) is 0 Å². The van der Waals surface area contributed by atoms with Crippen molar-refractivity contribution in [3.63, 3.8) is 0 Å². The van der Waals surface area contributed by atoms with Crippen molar-refractivity contribution in [1.82, 2.24) is 9.88 Å². The fourth-order valence-corrected chi connectivity index (χ4v) is 3.24. The highest BCUT2D eigenvalue weighted by molar-refractivity contribution is 7.11. The zero-order valence-corrected chi connectivity index (χ0v) is 13.5. The van der Waals surface area contributed by atoms with Crippen LogP contribution in [0.4, 0.5) is 0 Å². The second-order valence-corrected chi connectivity index (χ2v) is 6.21. The molecule has 2 rings (SSSR count). The largest absolute Gasteiger partial charge is 0.502 e. The van der Waals surface area contributed by atoms with Gasteiger partial charge in [-0.15, -0.1) is 11.3 Å². The van der Waals surface area contributed by atoms with E-state index >= 15 is 0 Å². The molecular formula is C15H20N2O3S. The normalized spacial score (nSPS) is 12.8. The van der Waals surface area contributed by atoms with Crippen molar-refractivity contribution in [2.75, 3.05) is 7.05 Å². The minimum atomic E-state index is -0.417. The van der Waals surface area contributed by atoms with Crippen LogP contribution in [0.3, 0.4) is 0 Å². The van der Waals surface area contributed by atoms with E-state index in [2.05, 4.69) is 23.7 Å². The molecule has 0 radical (unpaired) electrons. The van der Waals surface area contributed by atoms with Crippen molar-refractivity contribution in [3.8, 4) is 5.75 Å². The van der Waals surface area contributed by atoms with Crippen molar-refractivity contribution in [2.45, 2.75) is 39.8 Å². The molecule has 0 aliphatic heterocycles. The van der Waals surface area contributed by atoms with Crippen LogP contribution in [0.1, 0.15) is 41.2 Å². The summed E-state index contributed by atoms with van der Waals surface area (Å²) in [5.41, 5.74) is 0.642. The van der Waals surface area contributed by atoms with Crippen molar-refractivity contribution in [3.05, 3.63) is 43.9 Å². The molecule has 0 amide bonds. The number of hydrogen-bond donors (Lipinski definition) is 1. The molecule has 0 aliphatic carbocycles. The maximum atomic E-state index is 11.4. The Labute approximate surface area is 127 Å². The average Bonchev–Trinajstić information content (AvgIpc) is 2.83. The lowest BCUT2D eigenvalue weighted by atomic mass is 10.2. The van der Waals surface area contributed by atoms with E-state index in [4.69, 9.17) is 4.42 Å². The van der Waals surface area contributed by atoms with Crippen LogP contribution < -0.4 is 5.43 Å². The van der Waals surface area contributed by atoms with Crippen LogP contribution >= 0.6 is 11.3 Å². The van der Waals surface area contributed by atoms with Crippen LogP contribution in [0.2, 0.25) is 0 Å². The van der Waals surface area contributed by atoms with Crippen molar-refractivity contribution >= 4 is 11.3 Å². The van der Waals surface area contributed by atoms with E-state index in [1.54, 1.807) is 11.3 Å². The van der Waals surface area contributed by atoms with Gasteiger partial charge in [-0.2, -0.15) is 0 Å². The topological polar surface area (TPSA) is 66.6 Å². The third-order valence-electron chi connectivity index (χ3n) is 3.49. The average molecular weight is 308 g/mol. The summed E-state index contributed by atoms with van der Waals surface area (Å²) in [4.78, 5) is 19.3. The van der Waals surface area contributed by atoms with Crippen LogP contribution in [0.5, 0.6) is 5.75 Å². The van der Waals surface area contributed by atoms with Gasteiger partial charge in [-0.3, -0.25) is 9.69 Å². The molecule has 1 N–H and O–H groups in total. The summed E-state index contributed by atoms with van der Waals surface area (Å²) < 4.78 is 5.25. The third-order valence-corrected chi connectivity index (χ3v) is 4.96. The van der Waals surface area contributed by atoms with E-state index in [0.29, 0.717) is 12.3 Å². The minimum Gasteiger partial charge on any atom is -0.502 e. The van der Waals surface area contributed by atoms with Crippen LogP contribution in [0, 0.1) is 6.92 Å². The van der Waals surface area contributed by atoms with Gasteiger partial charge in [0, 0.05) is 17.0 Å². The first-order valence-electron chi connectivity index (χ1n) is 6.89. The molecule has 0 saturated heterocycles. The SMILES string of the molecule is CCc1nc(C)c(C(C)N(C)Cc2cc(=O)c(O)co2)s1. The number of nitrogens with zero attached hydrogens (tertiary/aromatic N) is 2. The molecule has 1 unspecified atom stereocenters. The first kappa shape index (κ1) is 15.7. The van der Waals surface area contributed by atoms with Crippen LogP contribution in [0.15, 0.2) is 21.5 Å². The van der Waals surface area contributed by atoms with Gasteiger partial charge in [0.1, 0.15) is 12.0 Å². The molecule has 0 saturated carbocycles. The monoisotopic (exact) mass is 308 g/mol. The predicted octanol–water partition coefficient (Wildman–Crippen LogP) is 2.87. The van der Waals surface area contributed by atoms with E-state index in [9.17, 15) is 9.90 Å². The summed E-state index contributed by atoms with van der Waals surface area (Å²) in [5.74, 6) is 0.172. The maximum Gasteiger partial charge on any atom is 0.226 e. The zero-order valence-electron chi connectivity index (χ0n) is 12.7. The van der Waals surface area contributed by atoms with Crippen LogP contribution in [0.25, 0.3) is 0 Å². The molecule has 2 heterocycles. The Hall–Kier alpha value is -1.66. The third kappa shape index (κ3) is 3.51. The van der Waals surface area contributed by atoms with Crippen molar-refractivity contribution < 1.29 is 9.52 Å². The van der Waals surface area contributed by atoms with Gasteiger partial charge < -0.3 is 9.52 Å². The smallest absolute Gasteiger partial charge is 0.226 e. The number of thiazole rings is 1. The molecule has 5 nitrogen and oxygen atoms in total. The van der Waals surface area contributed by atoms with Gasteiger partial charge >= 0.3 is 0 Å². The van der Waals surface area contributed by atoms with Gasteiger partial charge in [0.05, 0.1) is 17.2 Å². The molecule has 21 heavy (non-hydrogen) atoms. The molecule has 0 bridgehead atoms. The summed E-state index contributed by atoms with van der Waals surface area (Å²) in [7, 11) is 1.97. The lowest BCUT2D eigenvalue weighted by Gasteiger charge is -2.23. The van der Waals surface area contributed by atoms with E-state index in [1.807, 2.05) is 14.0 Å². The molecule has 6 heteroatoms. The van der Waals surface area contributed by atoms with Gasteiger partial charge in [0.25, 0.3) is 0 Å². The van der Waals surface area contributed by atoms with E-state index in [0.717, 1.165) is 23.4 Å². The Kier molecular flexibility index (Phi) is 4.80. The van der Waals surface area contributed by atoms with Crippen molar-refractivity contribution in [2.24, 2.45) is 0 Å². The van der Waals surface area contributed by atoms with Gasteiger partial charge in [0.15, 0.2) is 5.75 Å². The lowest BCUT2D eigenvalue weighted by Crippen LogP contribution is -2.22. The second-order valence-electron chi connectivity index (χ2n) is 5.10. The van der Waals surface area contributed by atoms with Crippen LogP contribution in [-0.4, -0.2) is 22.0 Å². The van der Waals surface area contributed by atoms with Crippen LogP contribution in [-0.2, 0) is 13.0 Å². The molecule has 1 atom stereocenters. The zero-order chi connectivity index (χ0) is 15.6. The summed E-state index contributed by atoms with van der Waals surface area (Å²) >= 11 is 1.73. The molecular weight excluding hydrogens is 288 g/mol. The molecule has 114 valence electrons. The first-order valence-corrected chi connectivity index (χ1v) is 7.71. The quantitative estimate of drug-likeness (QED) is 0.920. The second kappa shape index (κ2) is 6.41. The van der Waals surface area contributed by atoms with Gasteiger partial charge in [0.2, 0.25) is 5.43 Å². The molecule has 2 aromatic heterocycles. The number of rotatable bonds is 5. The molecule has 0 aromatic carbocycles. The number of aryl methyl sites for hydroxylation is 2. The van der Waals surface area contributed by atoms with E-state index in [1.165, 1.54) is 10.9 Å². The van der Waals surface area contributed by atoms with E-state index < -0.39 is 5.43 Å². The highest BCUT2D eigenvalue weighted by Gasteiger charge is 2.19. The Morgan fingerprint density at radius 1 is 1.52 bits per heavy atom. The molecule has 0 fully saturated rings. The number of aromatic hydroxyl groups is 1. The number of aromatic nitrogens is 1. The summed E-state index contributed by atoms with van der Waals surface area (Å²) in [6.45, 7) is 6.73. The Balaban J connectivity index is 2.14. The minimum absolute atomic E-state index is 0.182. The predicted molar refractivity (Wildman–Crippen MR) is 82.8 cm³/mol. The highest BCUT2D eigenvalue weighted by atomic mass is 32.1. The fourth-order valence-electron chi connectivity index (χ4n) is 2.11. The Morgan fingerprint density at radius 2 is 2.24 bits per heavy atom. The summed E-state index contributed by atoms with van der Waals surface area (Å²) in [6, 6.07) is 1.51. The standard InChI is InChI=1S/C15H20N2O3S/c1-5-14-16-9(2)15(21-14)10(3)17(4)7-11-6-12(18)13(19)8-20-11/h6,8,10,19H,5,7H2,1-4H3. The fraction of sp³-hybridized carbons (Fsp3) is 0.467. The molecule has 0 spiro atoms. The Morgan fingerprint density at radius 3 is 2.81 bits per heavy atom. The summed E-state index contributed by atoms with van der Waals surface area (Å²) in [6.07, 6.45) is 2.03. The van der Waals surface area contributed by atoms with E-state index in [-0.39, 0.29) is 11.8 Å². The van der Waals surface area contributed by atoms with Gasteiger partial charge in [-0.05, 0) is 27.3 Å². The molecule has 0 aliphatic rings. The lowest BCUT2D eigenvalue weighted by molar-refractivity contribution is 0.231. The maximum absolute atomic E-state index is 11.4. The van der Waals surface area contributed by atoms with Gasteiger partial charge in [-0.1, -0.05) is 6.92 Å². The molecule has 2 aromatic rings. The summed E-state index contributed by atoms with van der Waals surface area (Å²) in [5, 5.41) is 10.3. The van der Waals surface area contributed by atoms with Gasteiger partial charge in [-0.25, -0.2) is 4.98 Å². The highest BCUT2D eigenvalue weighted by Crippen LogP contribution is 2.29. The first-order chi connectivity index (χ1) is 9.92. The Bertz CT molecular complexity index is 678. The number of hydrogen-bond acceptors (Lipinski definition) is 6.